The Morgan fingerprint density at radius 3 is 2.64 bits per heavy atom. The number of halogens is 1. The summed E-state index contributed by atoms with van der Waals surface area (Å²) in [6, 6.07) is 10.4. The summed E-state index contributed by atoms with van der Waals surface area (Å²) in [5, 5.41) is 5.49. The van der Waals surface area contributed by atoms with Crippen LogP contribution in [0.25, 0.3) is 0 Å². The molecule has 0 unspecified atom stereocenters. The van der Waals surface area contributed by atoms with Crippen LogP contribution in [-0.4, -0.2) is 17.7 Å². The maximum Gasteiger partial charge on any atom is 0.321 e. The summed E-state index contributed by atoms with van der Waals surface area (Å²) < 4.78 is 5.07. The van der Waals surface area contributed by atoms with E-state index in [4.69, 9.17) is 16.0 Å². The fraction of sp³-hybridized carbons (Fsp3) is 0.200. The predicted molar refractivity (Wildman–Crippen MR) is 86.7 cm³/mol. The van der Waals surface area contributed by atoms with E-state index in [2.05, 4.69) is 10.6 Å². The summed E-state index contributed by atoms with van der Waals surface area (Å²) >= 11 is 7.22. The summed E-state index contributed by atoms with van der Waals surface area (Å²) in [5.74, 6) is 1.17. The van der Waals surface area contributed by atoms with Crippen LogP contribution in [0.2, 0.25) is 5.02 Å². The van der Waals surface area contributed by atoms with E-state index in [1.807, 2.05) is 12.1 Å². The van der Waals surface area contributed by atoms with Gasteiger partial charge >= 0.3 is 6.03 Å². The van der Waals surface area contributed by atoms with Gasteiger partial charge in [-0.25, -0.2) is 4.79 Å². The van der Waals surface area contributed by atoms with Crippen molar-refractivity contribution in [1.82, 2.24) is 10.6 Å². The number of nitrogens with one attached hydrogen (secondary N) is 2. The van der Waals surface area contributed by atoms with Crippen molar-refractivity contribution in [2.45, 2.75) is 12.3 Å². The topological polar surface area (TPSA) is 71.3 Å². The van der Waals surface area contributed by atoms with Crippen LogP contribution in [0.15, 0.2) is 47.1 Å². The Labute approximate surface area is 137 Å². The van der Waals surface area contributed by atoms with E-state index in [-0.39, 0.29) is 18.2 Å². The molecule has 0 aliphatic heterocycles. The lowest BCUT2D eigenvalue weighted by atomic mass is 10.2. The largest absolute Gasteiger partial charge is 0.467 e. The maximum atomic E-state index is 11.6. The van der Waals surface area contributed by atoms with Crippen LogP contribution in [0, 0.1) is 0 Å². The average molecular weight is 339 g/mol. The highest BCUT2D eigenvalue weighted by atomic mass is 35.5. The van der Waals surface area contributed by atoms with E-state index in [1.165, 1.54) is 18.0 Å². The zero-order valence-electron chi connectivity index (χ0n) is 11.7. The predicted octanol–water partition coefficient (Wildman–Crippen LogP) is 3.19. The van der Waals surface area contributed by atoms with Crippen molar-refractivity contribution in [2.75, 3.05) is 5.75 Å². The third-order valence-corrected chi connectivity index (χ3v) is 3.93. The van der Waals surface area contributed by atoms with Gasteiger partial charge in [-0.3, -0.25) is 10.1 Å². The molecule has 0 aliphatic carbocycles. The van der Waals surface area contributed by atoms with Gasteiger partial charge in [-0.2, -0.15) is 0 Å². The smallest absolute Gasteiger partial charge is 0.321 e. The molecule has 3 amide bonds. The molecule has 0 spiro atoms. The number of carbonyl (C=O) groups is 2. The Morgan fingerprint density at radius 2 is 1.95 bits per heavy atom. The van der Waals surface area contributed by atoms with Gasteiger partial charge in [-0.05, 0) is 29.8 Å². The van der Waals surface area contributed by atoms with Crippen molar-refractivity contribution in [2.24, 2.45) is 0 Å². The normalized spacial score (nSPS) is 10.2. The fourth-order valence-corrected chi connectivity index (χ4v) is 2.54. The summed E-state index contributed by atoms with van der Waals surface area (Å²) in [6.07, 6.45) is 1.52. The van der Waals surface area contributed by atoms with Crippen LogP contribution in [0.3, 0.4) is 0 Å². The van der Waals surface area contributed by atoms with Crippen LogP contribution >= 0.6 is 23.4 Å². The highest BCUT2D eigenvalue weighted by Crippen LogP contribution is 2.15. The number of benzene rings is 1. The number of furan rings is 1. The molecule has 22 heavy (non-hydrogen) atoms. The van der Waals surface area contributed by atoms with Crippen molar-refractivity contribution in [1.29, 1.82) is 0 Å². The zero-order valence-corrected chi connectivity index (χ0v) is 13.2. The third kappa shape index (κ3) is 5.83. The van der Waals surface area contributed by atoms with Gasteiger partial charge in [0, 0.05) is 10.8 Å². The molecule has 116 valence electrons. The Bertz CT molecular complexity index is 614. The minimum Gasteiger partial charge on any atom is -0.467 e. The number of hydrogen-bond donors (Lipinski definition) is 2. The summed E-state index contributed by atoms with van der Waals surface area (Å²) in [6.45, 7) is 0.240. The van der Waals surface area contributed by atoms with E-state index < -0.39 is 6.03 Å². The molecule has 0 saturated heterocycles. The van der Waals surface area contributed by atoms with E-state index >= 15 is 0 Å². The molecule has 1 aromatic carbocycles. The highest BCUT2D eigenvalue weighted by Gasteiger charge is 2.08. The lowest BCUT2D eigenvalue weighted by molar-refractivity contribution is -0.117. The first-order valence-corrected chi connectivity index (χ1v) is 8.09. The second-order valence-electron chi connectivity index (χ2n) is 4.43. The molecule has 2 aromatic rings. The lowest BCUT2D eigenvalue weighted by Crippen LogP contribution is -2.39. The van der Waals surface area contributed by atoms with Crippen molar-refractivity contribution in [3.05, 3.63) is 59.0 Å². The quantitative estimate of drug-likeness (QED) is 0.848. The van der Waals surface area contributed by atoms with E-state index in [1.54, 1.807) is 24.3 Å². The van der Waals surface area contributed by atoms with Gasteiger partial charge in [0.25, 0.3) is 0 Å². The second-order valence-corrected chi connectivity index (χ2v) is 5.85. The summed E-state index contributed by atoms with van der Waals surface area (Å²) in [4.78, 5) is 23.1. The van der Waals surface area contributed by atoms with Gasteiger partial charge in [0.05, 0.1) is 18.6 Å². The van der Waals surface area contributed by atoms with Gasteiger partial charge in [0.1, 0.15) is 5.76 Å². The monoisotopic (exact) mass is 338 g/mol. The number of imide groups is 1. The molecular weight excluding hydrogens is 324 g/mol. The Hall–Kier alpha value is -1.92. The standard InChI is InChI=1S/C15H15ClN2O3S/c16-12-5-3-11(4-6-12)9-22-10-14(19)18-15(20)17-8-13-2-1-7-21-13/h1-7H,8-10H2,(H2,17,18,19,20). The molecule has 1 heterocycles. The lowest BCUT2D eigenvalue weighted by Gasteiger charge is -2.05. The minimum atomic E-state index is -0.534. The molecule has 0 fully saturated rings. The first-order chi connectivity index (χ1) is 10.6. The molecule has 0 bridgehead atoms. The van der Waals surface area contributed by atoms with Crippen molar-refractivity contribution < 1.29 is 14.0 Å². The number of carbonyl (C=O) groups excluding carboxylic acids is 2. The molecule has 0 radical (unpaired) electrons. The molecule has 0 aliphatic rings. The van der Waals surface area contributed by atoms with Gasteiger partial charge in [-0.1, -0.05) is 23.7 Å². The number of thioether (sulfide) groups is 1. The van der Waals surface area contributed by atoms with Crippen LogP contribution < -0.4 is 10.6 Å². The second kappa shape index (κ2) is 8.51. The van der Waals surface area contributed by atoms with Crippen LogP contribution in [0.5, 0.6) is 0 Å². The Morgan fingerprint density at radius 1 is 1.18 bits per heavy atom. The number of amides is 3. The van der Waals surface area contributed by atoms with Crippen LogP contribution in [0.4, 0.5) is 4.79 Å². The van der Waals surface area contributed by atoms with Gasteiger partial charge in [-0.15, -0.1) is 11.8 Å². The number of hydrogen-bond acceptors (Lipinski definition) is 4. The van der Waals surface area contributed by atoms with Gasteiger partial charge in [0.15, 0.2) is 0 Å². The van der Waals surface area contributed by atoms with E-state index in [0.29, 0.717) is 16.5 Å². The molecule has 7 heteroatoms. The van der Waals surface area contributed by atoms with Crippen LogP contribution in [0.1, 0.15) is 11.3 Å². The van der Waals surface area contributed by atoms with Crippen molar-refractivity contribution >= 4 is 35.3 Å². The summed E-state index contributed by atoms with van der Waals surface area (Å²) in [5.41, 5.74) is 1.07. The molecule has 1 aromatic heterocycles. The average Bonchev–Trinajstić information content (AvgIpc) is 3.00. The molecule has 0 saturated carbocycles. The number of rotatable bonds is 6. The van der Waals surface area contributed by atoms with Crippen molar-refractivity contribution in [3.63, 3.8) is 0 Å². The SMILES string of the molecule is O=C(CSCc1ccc(Cl)cc1)NC(=O)NCc1ccco1. The van der Waals surface area contributed by atoms with Gasteiger partial charge < -0.3 is 9.73 Å². The molecule has 5 nitrogen and oxygen atoms in total. The highest BCUT2D eigenvalue weighted by molar-refractivity contribution is 7.99. The van der Waals surface area contributed by atoms with Crippen LogP contribution in [-0.2, 0) is 17.1 Å². The fourth-order valence-electron chi connectivity index (χ4n) is 1.63. The molecular formula is C15H15ClN2O3S. The Kier molecular flexibility index (Phi) is 6.36. The molecule has 2 rings (SSSR count). The van der Waals surface area contributed by atoms with E-state index in [0.717, 1.165) is 5.56 Å². The Balaban J connectivity index is 1.62. The minimum absolute atomic E-state index is 0.205. The number of urea groups is 1. The van der Waals surface area contributed by atoms with Crippen molar-refractivity contribution in [3.8, 4) is 0 Å². The molecule has 0 atom stereocenters. The molecule has 2 N–H and O–H groups in total. The van der Waals surface area contributed by atoms with Gasteiger partial charge in [0.2, 0.25) is 5.91 Å². The van der Waals surface area contributed by atoms with E-state index in [9.17, 15) is 9.59 Å². The summed E-state index contributed by atoms with van der Waals surface area (Å²) in [7, 11) is 0. The first kappa shape index (κ1) is 16.5. The zero-order chi connectivity index (χ0) is 15.8. The first-order valence-electron chi connectivity index (χ1n) is 6.56. The third-order valence-electron chi connectivity index (χ3n) is 2.67. The maximum absolute atomic E-state index is 11.6.